The molecular weight excluding hydrogens is 384 g/mol. The molecule has 5 nitrogen and oxygen atoms in total. The normalized spacial score (nSPS) is 18.6. The number of hydrogen-bond donors (Lipinski definition) is 0. The Bertz CT molecular complexity index is 856. The summed E-state index contributed by atoms with van der Waals surface area (Å²) < 4.78 is 11.4. The van der Waals surface area contributed by atoms with E-state index in [0.717, 1.165) is 36.4 Å². The molecule has 1 atom stereocenters. The highest BCUT2D eigenvalue weighted by Crippen LogP contribution is 2.38. The Balaban J connectivity index is 1.39. The highest BCUT2D eigenvalue weighted by Gasteiger charge is 2.29. The van der Waals surface area contributed by atoms with E-state index < -0.39 is 0 Å². The molecule has 4 rings (SSSR count). The van der Waals surface area contributed by atoms with Crippen molar-refractivity contribution < 1.29 is 14.3 Å². The maximum atomic E-state index is 12.9. The van der Waals surface area contributed by atoms with Crippen molar-refractivity contribution in [3.63, 3.8) is 0 Å². The number of fused-ring (bicyclic) bond motifs is 1. The van der Waals surface area contributed by atoms with Crippen LogP contribution < -0.4 is 9.47 Å². The summed E-state index contributed by atoms with van der Waals surface area (Å²) in [7, 11) is 1.89. The van der Waals surface area contributed by atoms with E-state index in [4.69, 9.17) is 9.47 Å². The van der Waals surface area contributed by atoms with Crippen molar-refractivity contribution in [1.29, 1.82) is 0 Å². The van der Waals surface area contributed by atoms with Gasteiger partial charge >= 0.3 is 0 Å². The number of likely N-dealkylation sites (N-methyl/N-ethyl adjacent to an activating group) is 1. The van der Waals surface area contributed by atoms with Crippen LogP contribution in [-0.2, 0) is 11.3 Å². The third-order valence-corrected chi connectivity index (χ3v) is 6.40. The van der Waals surface area contributed by atoms with E-state index in [1.165, 1.54) is 10.5 Å². The number of amides is 1. The van der Waals surface area contributed by atoms with Crippen molar-refractivity contribution in [2.75, 3.05) is 39.6 Å². The summed E-state index contributed by atoms with van der Waals surface area (Å²) in [6.07, 6.45) is 4.23. The van der Waals surface area contributed by atoms with Gasteiger partial charge in [0.05, 0.1) is 6.54 Å². The molecule has 1 amide bonds. The van der Waals surface area contributed by atoms with Crippen LogP contribution in [-0.4, -0.2) is 55.3 Å². The van der Waals surface area contributed by atoms with Crippen LogP contribution in [0.4, 0.5) is 0 Å². The Kier molecular flexibility index (Phi) is 6.31. The quantitative estimate of drug-likeness (QED) is 0.672. The van der Waals surface area contributed by atoms with Gasteiger partial charge in [-0.2, -0.15) is 0 Å². The molecule has 29 heavy (non-hydrogen) atoms. The smallest absolute Gasteiger partial charge is 0.236 e. The zero-order valence-corrected chi connectivity index (χ0v) is 17.9. The molecule has 1 saturated heterocycles. The van der Waals surface area contributed by atoms with Crippen molar-refractivity contribution >= 4 is 17.7 Å². The van der Waals surface area contributed by atoms with E-state index in [2.05, 4.69) is 47.6 Å². The molecule has 2 aliphatic rings. The summed E-state index contributed by atoms with van der Waals surface area (Å²) in [4.78, 5) is 18.2. The fourth-order valence-electron chi connectivity index (χ4n) is 4.05. The van der Waals surface area contributed by atoms with Gasteiger partial charge in [-0.3, -0.25) is 9.69 Å². The predicted molar refractivity (Wildman–Crippen MR) is 116 cm³/mol. The standard InChI is InChI=1S/C23H28N2O3S/c1-24(15-17-5-8-19(29-2)9-6-17)23(26)16-25-11-3-4-20(25)18-7-10-21-22(14-18)28-13-12-27-21/h5-10,14,20H,3-4,11-13,15-16H2,1-2H3. The third-order valence-electron chi connectivity index (χ3n) is 5.66. The fourth-order valence-corrected chi connectivity index (χ4v) is 4.46. The van der Waals surface area contributed by atoms with Crippen LogP contribution >= 0.6 is 11.8 Å². The lowest BCUT2D eigenvalue weighted by atomic mass is 10.0. The van der Waals surface area contributed by atoms with E-state index >= 15 is 0 Å². The van der Waals surface area contributed by atoms with Crippen LogP contribution in [0.2, 0.25) is 0 Å². The second-order valence-corrected chi connectivity index (χ2v) is 8.51. The third kappa shape index (κ3) is 4.70. The molecule has 2 aliphatic heterocycles. The number of thioether (sulfide) groups is 1. The highest BCUT2D eigenvalue weighted by atomic mass is 32.2. The maximum absolute atomic E-state index is 12.9. The molecule has 1 fully saturated rings. The SMILES string of the molecule is CSc1ccc(CN(C)C(=O)CN2CCCC2c2ccc3c(c2)OCCO3)cc1. The zero-order chi connectivity index (χ0) is 20.2. The molecule has 0 bridgehead atoms. The summed E-state index contributed by atoms with van der Waals surface area (Å²) >= 11 is 1.73. The van der Waals surface area contributed by atoms with Gasteiger partial charge in [0.2, 0.25) is 5.91 Å². The number of hydrogen-bond acceptors (Lipinski definition) is 5. The number of benzene rings is 2. The first-order valence-corrected chi connectivity index (χ1v) is 11.4. The monoisotopic (exact) mass is 412 g/mol. The van der Waals surface area contributed by atoms with E-state index in [0.29, 0.717) is 26.3 Å². The summed E-state index contributed by atoms with van der Waals surface area (Å²) in [5, 5.41) is 0. The molecule has 0 aliphatic carbocycles. The second kappa shape index (κ2) is 9.09. The molecule has 0 saturated carbocycles. The first-order valence-electron chi connectivity index (χ1n) is 10.1. The Morgan fingerprint density at radius 3 is 2.66 bits per heavy atom. The molecule has 154 valence electrons. The van der Waals surface area contributed by atoms with E-state index in [1.807, 2.05) is 18.0 Å². The Hall–Kier alpha value is -2.18. The lowest BCUT2D eigenvalue weighted by Gasteiger charge is -2.28. The highest BCUT2D eigenvalue weighted by molar-refractivity contribution is 7.98. The Morgan fingerprint density at radius 2 is 1.90 bits per heavy atom. The first kappa shape index (κ1) is 20.1. The van der Waals surface area contributed by atoms with Gasteiger partial charge in [-0.25, -0.2) is 0 Å². The number of likely N-dealkylation sites (tertiary alicyclic amines) is 1. The number of ether oxygens (including phenoxy) is 2. The van der Waals surface area contributed by atoms with Crippen LogP contribution in [0, 0.1) is 0 Å². The number of carbonyl (C=O) groups excluding carboxylic acids is 1. The van der Waals surface area contributed by atoms with Gasteiger partial charge in [0.1, 0.15) is 13.2 Å². The zero-order valence-electron chi connectivity index (χ0n) is 17.1. The van der Waals surface area contributed by atoms with E-state index in [-0.39, 0.29) is 11.9 Å². The van der Waals surface area contributed by atoms with Crippen molar-refractivity contribution in [2.45, 2.75) is 30.3 Å². The minimum atomic E-state index is 0.156. The molecule has 2 aromatic rings. The molecule has 0 N–H and O–H groups in total. The number of nitrogens with zero attached hydrogens (tertiary/aromatic N) is 2. The molecule has 6 heteroatoms. The van der Waals surface area contributed by atoms with Crippen molar-refractivity contribution in [2.24, 2.45) is 0 Å². The lowest BCUT2D eigenvalue weighted by molar-refractivity contribution is -0.131. The number of rotatable bonds is 6. The van der Waals surface area contributed by atoms with Crippen LogP contribution in [0.3, 0.4) is 0 Å². The minimum Gasteiger partial charge on any atom is -0.486 e. The van der Waals surface area contributed by atoms with E-state index in [1.54, 1.807) is 11.8 Å². The summed E-state index contributed by atoms with van der Waals surface area (Å²) in [5.41, 5.74) is 2.36. The predicted octanol–water partition coefficient (Wildman–Crippen LogP) is 3.98. The molecule has 0 aromatic heterocycles. The number of carbonyl (C=O) groups is 1. The van der Waals surface area contributed by atoms with Gasteiger partial charge in [0, 0.05) is 24.5 Å². The molecule has 2 aromatic carbocycles. The van der Waals surface area contributed by atoms with Gasteiger partial charge in [-0.05, 0) is 61.0 Å². The van der Waals surface area contributed by atoms with Gasteiger partial charge in [0.25, 0.3) is 0 Å². The van der Waals surface area contributed by atoms with Crippen LogP contribution in [0.1, 0.15) is 30.0 Å². The molecule has 0 radical (unpaired) electrons. The van der Waals surface area contributed by atoms with Crippen LogP contribution in [0.15, 0.2) is 47.4 Å². The Morgan fingerprint density at radius 1 is 1.14 bits per heavy atom. The van der Waals surface area contributed by atoms with Gasteiger partial charge in [0.15, 0.2) is 11.5 Å². The molecule has 2 heterocycles. The first-order chi connectivity index (χ1) is 14.1. The minimum absolute atomic E-state index is 0.156. The van der Waals surface area contributed by atoms with Crippen LogP contribution in [0.5, 0.6) is 11.5 Å². The average molecular weight is 413 g/mol. The van der Waals surface area contributed by atoms with Crippen LogP contribution in [0.25, 0.3) is 0 Å². The van der Waals surface area contributed by atoms with Crippen molar-refractivity contribution in [3.8, 4) is 11.5 Å². The molecule has 1 unspecified atom stereocenters. The summed E-state index contributed by atoms with van der Waals surface area (Å²) in [6, 6.07) is 14.9. The Labute approximate surface area is 177 Å². The summed E-state index contributed by atoms with van der Waals surface area (Å²) in [5.74, 6) is 1.79. The van der Waals surface area contributed by atoms with E-state index in [9.17, 15) is 4.79 Å². The lowest BCUT2D eigenvalue weighted by Crippen LogP contribution is -2.37. The van der Waals surface area contributed by atoms with Crippen molar-refractivity contribution in [1.82, 2.24) is 9.80 Å². The maximum Gasteiger partial charge on any atom is 0.236 e. The van der Waals surface area contributed by atoms with Crippen molar-refractivity contribution in [3.05, 3.63) is 53.6 Å². The largest absolute Gasteiger partial charge is 0.486 e. The van der Waals surface area contributed by atoms with Gasteiger partial charge in [-0.15, -0.1) is 11.8 Å². The molecule has 0 spiro atoms. The average Bonchev–Trinajstić information content (AvgIpc) is 3.22. The summed E-state index contributed by atoms with van der Waals surface area (Å²) in [6.45, 7) is 3.21. The van der Waals surface area contributed by atoms with Gasteiger partial charge in [-0.1, -0.05) is 18.2 Å². The topological polar surface area (TPSA) is 42.0 Å². The fraction of sp³-hybridized carbons (Fsp3) is 0.435. The second-order valence-electron chi connectivity index (χ2n) is 7.63. The van der Waals surface area contributed by atoms with Gasteiger partial charge < -0.3 is 14.4 Å². The molecular formula is C23H28N2O3S.